The SMILES string of the molecule is Cc1ccc(OCC(CCN)c2cccs2)cc1. The Kier molecular flexibility index (Phi) is 4.79. The van der Waals surface area contributed by atoms with Crippen LogP contribution < -0.4 is 10.5 Å². The first-order valence-electron chi connectivity index (χ1n) is 6.22. The van der Waals surface area contributed by atoms with Gasteiger partial charge in [-0.1, -0.05) is 23.8 Å². The van der Waals surface area contributed by atoms with Crippen LogP contribution in [0.3, 0.4) is 0 Å². The van der Waals surface area contributed by atoms with Crippen molar-refractivity contribution < 1.29 is 4.74 Å². The lowest BCUT2D eigenvalue weighted by atomic mass is 10.1. The third-order valence-electron chi connectivity index (χ3n) is 2.93. The van der Waals surface area contributed by atoms with Crippen molar-refractivity contribution in [3.63, 3.8) is 0 Å². The summed E-state index contributed by atoms with van der Waals surface area (Å²) in [4.78, 5) is 1.35. The van der Waals surface area contributed by atoms with Crippen molar-refractivity contribution in [2.75, 3.05) is 13.2 Å². The molecule has 1 aromatic carbocycles. The zero-order chi connectivity index (χ0) is 12.8. The lowest BCUT2D eigenvalue weighted by Crippen LogP contribution is -2.14. The first-order valence-corrected chi connectivity index (χ1v) is 7.10. The van der Waals surface area contributed by atoms with E-state index < -0.39 is 0 Å². The molecule has 0 fully saturated rings. The van der Waals surface area contributed by atoms with E-state index >= 15 is 0 Å². The van der Waals surface area contributed by atoms with E-state index in [0.717, 1.165) is 12.2 Å². The van der Waals surface area contributed by atoms with Gasteiger partial charge in [0.2, 0.25) is 0 Å². The monoisotopic (exact) mass is 261 g/mol. The number of nitrogens with two attached hydrogens (primary N) is 1. The van der Waals surface area contributed by atoms with E-state index in [4.69, 9.17) is 10.5 Å². The van der Waals surface area contributed by atoms with Gasteiger partial charge in [0.15, 0.2) is 0 Å². The van der Waals surface area contributed by atoms with Crippen LogP contribution in [-0.4, -0.2) is 13.2 Å². The maximum absolute atomic E-state index is 5.85. The number of thiophene rings is 1. The molecule has 2 rings (SSSR count). The second kappa shape index (κ2) is 6.57. The molecule has 3 heteroatoms. The number of hydrogen-bond donors (Lipinski definition) is 1. The van der Waals surface area contributed by atoms with Gasteiger partial charge in [-0.2, -0.15) is 0 Å². The van der Waals surface area contributed by atoms with Crippen LogP contribution in [0.25, 0.3) is 0 Å². The molecule has 0 saturated heterocycles. The Balaban J connectivity index is 1.95. The standard InChI is InChI=1S/C15H19NOS/c1-12-4-6-14(7-5-12)17-11-13(8-9-16)15-3-2-10-18-15/h2-7,10,13H,8-9,11,16H2,1H3. The van der Waals surface area contributed by atoms with Gasteiger partial charge >= 0.3 is 0 Å². The summed E-state index contributed by atoms with van der Waals surface area (Å²) in [6, 6.07) is 12.4. The zero-order valence-electron chi connectivity index (χ0n) is 10.6. The second-order valence-electron chi connectivity index (χ2n) is 4.41. The Bertz CT molecular complexity index is 450. The molecular formula is C15H19NOS. The minimum atomic E-state index is 0.399. The maximum Gasteiger partial charge on any atom is 0.119 e. The van der Waals surface area contributed by atoms with Crippen LogP contribution >= 0.6 is 11.3 Å². The summed E-state index contributed by atoms with van der Waals surface area (Å²) in [6.45, 7) is 3.47. The summed E-state index contributed by atoms with van der Waals surface area (Å²) in [7, 11) is 0. The normalized spacial score (nSPS) is 12.3. The second-order valence-corrected chi connectivity index (χ2v) is 5.39. The maximum atomic E-state index is 5.85. The molecule has 0 aliphatic rings. The number of rotatable bonds is 6. The van der Waals surface area contributed by atoms with Gasteiger partial charge in [-0.25, -0.2) is 0 Å². The highest BCUT2D eigenvalue weighted by atomic mass is 32.1. The highest BCUT2D eigenvalue weighted by molar-refractivity contribution is 7.10. The minimum absolute atomic E-state index is 0.399. The predicted octanol–water partition coefficient (Wildman–Crippen LogP) is 3.57. The Morgan fingerprint density at radius 3 is 2.61 bits per heavy atom. The van der Waals surface area contributed by atoms with Crippen LogP contribution in [0.5, 0.6) is 5.75 Å². The third-order valence-corrected chi connectivity index (χ3v) is 3.97. The molecule has 2 N–H and O–H groups in total. The summed E-state index contributed by atoms with van der Waals surface area (Å²) < 4.78 is 5.85. The van der Waals surface area contributed by atoms with Gasteiger partial charge in [-0.3, -0.25) is 0 Å². The smallest absolute Gasteiger partial charge is 0.119 e. The highest BCUT2D eigenvalue weighted by Crippen LogP contribution is 2.25. The van der Waals surface area contributed by atoms with Crippen molar-refractivity contribution in [2.24, 2.45) is 5.73 Å². The zero-order valence-corrected chi connectivity index (χ0v) is 11.5. The average Bonchev–Trinajstić information content (AvgIpc) is 2.90. The van der Waals surface area contributed by atoms with Crippen molar-refractivity contribution in [3.8, 4) is 5.75 Å². The van der Waals surface area contributed by atoms with E-state index in [2.05, 4.69) is 36.6 Å². The van der Waals surface area contributed by atoms with Crippen LogP contribution in [0.15, 0.2) is 41.8 Å². The highest BCUT2D eigenvalue weighted by Gasteiger charge is 2.12. The lowest BCUT2D eigenvalue weighted by Gasteiger charge is -2.15. The first-order chi connectivity index (χ1) is 8.79. The Hall–Kier alpha value is -1.32. The van der Waals surface area contributed by atoms with Crippen LogP contribution in [0.1, 0.15) is 22.8 Å². The van der Waals surface area contributed by atoms with Crippen LogP contribution in [-0.2, 0) is 0 Å². The molecule has 1 unspecified atom stereocenters. The summed E-state index contributed by atoms with van der Waals surface area (Å²) in [5.41, 5.74) is 6.92. The average molecular weight is 261 g/mol. The van der Waals surface area contributed by atoms with E-state index in [1.54, 1.807) is 11.3 Å². The number of ether oxygens (including phenoxy) is 1. The molecular weight excluding hydrogens is 242 g/mol. The minimum Gasteiger partial charge on any atom is -0.493 e. The summed E-state index contributed by atoms with van der Waals surface area (Å²) in [5, 5.41) is 2.10. The molecule has 0 aliphatic carbocycles. The largest absolute Gasteiger partial charge is 0.493 e. The molecule has 2 nitrogen and oxygen atoms in total. The topological polar surface area (TPSA) is 35.2 Å². The van der Waals surface area contributed by atoms with Gasteiger partial charge in [-0.15, -0.1) is 11.3 Å². The molecule has 0 bridgehead atoms. The van der Waals surface area contributed by atoms with Crippen LogP contribution in [0.2, 0.25) is 0 Å². The van der Waals surface area contributed by atoms with Crippen molar-refractivity contribution >= 4 is 11.3 Å². The fraction of sp³-hybridized carbons (Fsp3) is 0.333. The molecule has 2 aromatic rings. The molecule has 18 heavy (non-hydrogen) atoms. The Labute approximate surface area is 112 Å². The molecule has 1 heterocycles. The first kappa shape index (κ1) is 13.1. The van der Waals surface area contributed by atoms with Gasteiger partial charge in [-0.05, 0) is 43.5 Å². The Morgan fingerprint density at radius 2 is 2.00 bits per heavy atom. The molecule has 1 atom stereocenters. The molecule has 96 valence electrons. The number of hydrogen-bond acceptors (Lipinski definition) is 3. The van der Waals surface area contributed by atoms with E-state index in [0.29, 0.717) is 19.1 Å². The van der Waals surface area contributed by atoms with Crippen LogP contribution in [0.4, 0.5) is 0 Å². The fourth-order valence-electron chi connectivity index (χ4n) is 1.86. The molecule has 1 aromatic heterocycles. The van der Waals surface area contributed by atoms with E-state index in [9.17, 15) is 0 Å². The van der Waals surface area contributed by atoms with Crippen LogP contribution in [0, 0.1) is 6.92 Å². The van der Waals surface area contributed by atoms with Crippen molar-refractivity contribution in [1.82, 2.24) is 0 Å². The molecule has 0 amide bonds. The Morgan fingerprint density at radius 1 is 1.22 bits per heavy atom. The molecule has 0 saturated carbocycles. The van der Waals surface area contributed by atoms with Gasteiger partial charge < -0.3 is 10.5 Å². The predicted molar refractivity (Wildman–Crippen MR) is 77.4 cm³/mol. The molecule has 0 spiro atoms. The van der Waals surface area contributed by atoms with Gasteiger partial charge in [0.1, 0.15) is 5.75 Å². The summed E-state index contributed by atoms with van der Waals surface area (Å²) >= 11 is 1.77. The third kappa shape index (κ3) is 3.59. The molecule has 0 radical (unpaired) electrons. The van der Waals surface area contributed by atoms with Gasteiger partial charge in [0.05, 0.1) is 6.61 Å². The fourth-order valence-corrected chi connectivity index (χ4v) is 2.71. The van der Waals surface area contributed by atoms with Crippen molar-refractivity contribution in [1.29, 1.82) is 0 Å². The molecule has 0 aliphatic heterocycles. The van der Waals surface area contributed by atoms with Gasteiger partial charge in [0.25, 0.3) is 0 Å². The van der Waals surface area contributed by atoms with Gasteiger partial charge in [0, 0.05) is 10.8 Å². The van der Waals surface area contributed by atoms with E-state index in [-0.39, 0.29) is 0 Å². The summed E-state index contributed by atoms with van der Waals surface area (Å²) in [5.74, 6) is 1.33. The number of aryl methyl sites for hydroxylation is 1. The van der Waals surface area contributed by atoms with E-state index in [1.165, 1.54) is 10.4 Å². The van der Waals surface area contributed by atoms with Crippen molar-refractivity contribution in [2.45, 2.75) is 19.3 Å². The quantitative estimate of drug-likeness (QED) is 0.862. The van der Waals surface area contributed by atoms with Crippen molar-refractivity contribution in [3.05, 3.63) is 52.2 Å². The van der Waals surface area contributed by atoms with E-state index in [1.807, 2.05) is 12.1 Å². The number of benzene rings is 1. The lowest BCUT2D eigenvalue weighted by molar-refractivity contribution is 0.284. The summed E-state index contributed by atoms with van der Waals surface area (Å²) in [6.07, 6.45) is 0.965.